The molecule has 0 aromatic heterocycles. The molecule has 2 rings (SSSR count). The normalized spacial score (nSPS) is 18.9. The zero-order chi connectivity index (χ0) is 17.4. The minimum atomic E-state index is 0.182. The summed E-state index contributed by atoms with van der Waals surface area (Å²) in [6.45, 7) is 10.2. The number of benzene rings is 1. The van der Waals surface area contributed by atoms with Crippen molar-refractivity contribution in [1.82, 2.24) is 15.5 Å². The first-order valence-corrected chi connectivity index (χ1v) is 9.41. The molecular weight excluding hydrogens is 368 g/mol. The zero-order valence-corrected chi connectivity index (χ0v) is 16.5. The van der Waals surface area contributed by atoms with Crippen molar-refractivity contribution in [3.05, 3.63) is 34.3 Å². The quantitative estimate of drug-likeness (QED) is 0.573. The van der Waals surface area contributed by atoms with Crippen LogP contribution >= 0.6 is 15.9 Å². The summed E-state index contributed by atoms with van der Waals surface area (Å²) in [7, 11) is 1.81. The molecule has 0 amide bonds. The third-order valence-corrected chi connectivity index (χ3v) is 4.96. The second-order valence-corrected chi connectivity index (χ2v) is 7.21. The lowest BCUT2D eigenvalue weighted by atomic mass is 10.1. The van der Waals surface area contributed by atoms with Crippen molar-refractivity contribution >= 4 is 21.9 Å². The van der Waals surface area contributed by atoms with Crippen molar-refractivity contribution in [2.24, 2.45) is 10.9 Å². The van der Waals surface area contributed by atoms with Gasteiger partial charge in [0.15, 0.2) is 5.96 Å². The van der Waals surface area contributed by atoms with E-state index in [1.807, 2.05) is 13.1 Å². The van der Waals surface area contributed by atoms with Gasteiger partial charge in [0.1, 0.15) is 0 Å². The number of hydrogen-bond acceptors (Lipinski definition) is 3. The molecule has 0 saturated carbocycles. The predicted molar refractivity (Wildman–Crippen MR) is 103 cm³/mol. The number of aliphatic imine (C=N–C) groups is 1. The molecule has 1 heterocycles. The van der Waals surface area contributed by atoms with Gasteiger partial charge in [0.25, 0.3) is 0 Å². The van der Waals surface area contributed by atoms with E-state index in [1.165, 1.54) is 5.56 Å². The van der Waals surface area contributed by atoms with Gasteiger partial charge in [0.2, 0.25) is 0 Å². The molecule has 2 unspecified atom stereocenters. The van der Waals surface area contributed by atoms with E-state index in [9.17, 15) is 0 Å². The summed E-state index contributed by atoms with van der Waals surface area (Å²) in [6.07, 6.45) is 0. The van der Waals surface area contributed by atoms with E-state index in [1.54, 1.807) is 0 Å². The Labute approximate surface area is 154 Å². The Morgan fingerprint density at radius 3 is 2.67 bits per heavy atom. The Kier molecular flexibility index (Phi) is 8.02. The van der Waals surface area contributed by atoms with Crippen LogP contribution in [0, 0.1) is 5.92 Å². The molecule has 5 nitrogen and oxygen atoms in total. The highest BCUT2D eigenvalue weighted by Crippen LogP contribution is 2.22. The van der Waals surface area contributed by atoms with Gasteiger partial charge in [-0.1, -0.05) is 41.1 Å². The van der Waals surface area contributed by atoms with Crippen LogP contribution in [0.4, 0.5) is 0 Å². The summed E-state index contributed by atoms with van der Waals surface area (Å²) in [5.74, 6) is 1.40. The number of halogens is 1. The molecule has 1 saturated heterocycles. The molecule has 24 heavy (non-hydrogen) atoms. The van der Waals surface area contributed by atoms with E-state index in [-0.39, 0.29) is 6.04 Å². The highest BCUT2D eigenvalue weighted by atomic mass is 79.9. The largest absolute Gasteiger partial charge is 0.379 e. The van der Waals surface area contributed by atoms with E-state index < -0.39 is 0 Å². The van der Waals surface area contributed by atoms with Gasteiger partial charge < -0.3 is 15.4 Å². The van der Waals surface area contributed by atoms with Gasteiger partial charge in [-0.15, -0.1) is 0 Å². The molecule has 134 valence electrons. The Hall–Kier alpha value is -1.11. The number of nitrogens with one attached hydrogen (secondary N) is 2. The molecule has 1 aromatic rings. The van der Waals surface area contributed by atoms with Gasteiger partial charge in [-0.05, 0) is 24.5 Å². The first kappa shape index (κ1) is 19.2. The molecule has 0 aliphatic carbocycles. The third-order valence-electron chi connectivity index (χ3n) is 4.24. The summed E-state index contributed by atoms with van der Waals surface area (Å²) in [5.41, 5.74) is 1.22. The molecular formula is C18H29BrN4O. The number of morpholine rings is 1. The lowest BCUT2D eigenvalue weighted by molar-refractivity contribution is 0.0320. The van der Waals surface area contributed by atoms with E-state index >= 15 is 0 Å². The highest BCUT2D eigenvalue weighted by Gasteiger charge is 2.15. The number of nitrogens with zero attached hydrogens (tertiary/aromatic N) is 2. The topological polar surface area (TPSA) is 48.9 Å². The molecule has 1 fully saturated rings. The predicted octanol–water partition coefficient (Wildman–Crippen LogP) is 2.64. The molecule has 0 spiro atoms. The van der Waals surface area contributed by atoms with Gasteiger partial charge >= 0.3 is 0 Å². The van der Waals surface area contributed by atoms with Gasteiger partial charge in [-0.3, -0.25) is 9.89 Å². The number of guanidine groups is 1. The van der Waals surface area contributed by atoms with Gasteiger partial charge in [0, 0.05) is 37.7 Å². The van der Waals surface area contributed by atoms with Crippen molar-refractivity contribution in [2.75, 3.05) is 46.4 Å². The molecule has 2 N–H and O–H groups in total. The van der Waals surface area contributed by atoms with E-state index in [4.69, 9.17) is 4.74 Å². The molecule has 1 aromatic carbocycles. The summed E-state index contributed by atoms with van der Waals surface area (Å²) in [4.78, 5) is 6.82. The van der Waals surface area contributed by atoms with Crippen LogP contribution in [0.1, 0.15) is 25.5 Å². The summed E-state index contributed by atoms with van der Waals surface area (Å²) in [5, 5.41) is 6.90. The fourth-order valence-corrected chi connectivity index (χ4v) is 3.49. The van der Waals surface area contributed by atoms with Gasteiger partial charge in [-0.2, -0.15) is 0 Å². The lowest BCUT2D eigenvalue weighted by Gasteiger charge is -2.29. The summed E-state index contributed by atoms with van der Waals surface area (Å²) >= 11 is 3.61. The van der Waals surface area contributed by atoms with Crippen LogP contribution in [-0.4, -0.2) is 57.3 Å². The molecule has 0 radical (unpaired) electrons. The molecule has 1 aliphatic rings. The van der Waals surface area contributed by atoms with Crippen LogP contribution in [-0.2, 0) is 4.74 Å². The number of hydrogen-bond donors (Lipinski definition) is 2. The molecule has 2 atom stereocenters. The Balaban J connectivity index is 1.78. The molecule has 1 aliphatic heterocycles. The van der Waals surface area contributed by atoms with Crippen molar-refractivity contribution in [1.29, 1.82) is 0 Å². The number of rotatable bonds is 6. The van der Waals surface area contributed by atoms with E-state index in [0.717, 1.165) is 49.8 Å². The maximum Gasteiger partial charge on any atom is 0.191 e. The first-order chi connectivity index (χ1) is 11.6. The number of ether oxygens (including phenoxy) is 1. The summed E-state index contributed by atoms with van der Waals surface area (Å²) in [6, 6.07) is 8.45. The highest BCUT2D eigenvalue weighted by molar-refractivity contribution is 9.10. The zero-order valence-electron chi connectivity index (χ0n) is 14.9. The average molecular weight is 397 g/mol. The van der Waals surface area contributed by atoms with Crippen LogP contribution in [0.5, 0.6) is 0 Å². The van der Waals surface area contributed by atoms with Crippen LogP contribution in [0.15, 0.2) is 33.7 Å². The van der Waals surface area contributed by atoms with Crippen molar-refractivity contribution in [2.45, 2.75) is 19.9 Å². The van der Waals surface area contributed by atoms with Crippen LogP contribution < -0.4 is 10.6 Å². The van der Waals surface area contributed by atoms with Crippen molar-refractivity contribution in [3.8, 4) is 0 Å². The summed E-state index contributed by atoms with van der Waals surface area (Å²) < 4.78 is 6.51. The maximum absolute atomic E-state index is 5.40. The SMILES string of the molecule is CN=C(NCC(C)CN1CCOCC1)NC(C)c1ccccc1Br. The Bertz CT molecular complexity index is 532. The second kappa shape index (κ2) is 10.0. The van der Waals surface area contributed by atoms with Crippen molar-refractivity contribution < 1.29 is 4.74 Å². The smallest absolute Gasteiger partial charge is 0.191 e. The third kappa shape index (κ3) is 6.07. The van der Waals surface area contributed by atoms with E-state index in [0.29, 0.717) is 5.92 Å². The lowest BCUT2D eigenvalue weighted by Crippen LogP contribution is -2.44. The Morgan fingerprint density at radius 1 is 1.29 bits per heavy atom. The second-order valence-electron chi connectivity index (χ2n) is 6.36. The monoisotopic (exact) mass is 396 g/mol. The van der Waals surface area contributed by atoms with E-state index in [2.05, 4.69) is 68.5 Å². The standard InChI is InChI=1S/C18H29BrN4O/c1-14(13-23-8-10-24-11-9-23)12-21-18(20-3)22-15(2)16-6-4-5-7-17(16)19/h4-7,14-15H,8-13H2,1-3H3,(H2,20,21,22). The Morgan fingerprint density at radius 2 is 2.00 bits per heavy atom. The first-order valence-electron chi connectivity index (χ1n) is 8.62. The van der Waals surface area contributed by atoms with Crippen LogP contribution in [0.3, 0.4) is 0 Å². The minimum absolute atomic E-state index is 0.182. The van der Waals surface area contributed by atoms with Crippen molar-refractivity contribution in [3.63, 3.8) is 0 Å². The van der Waals surface area contributed by atoms with Gasteiger partial charge in [0.05, 0.1) is 19.3 Å². The molecule has 6 heteroatoms. The molecule has 0 bridgehead atoms. The maximum atomic E-state index is 5.40. The fraction of sp³-hybridized carbons (Fsp3) is 0.611. The average Bonchev–Trinajstić information content (AvgIpc) is 2.59. The minimum Gasteiger partial charge on any atom is -0.379 e. The van der Waals surface area contributed by atoms with Gasteiger partial charge in [-0.25, -0.2) is 0 Å². The van der Waals surface area contributed by atoms with Crippen LogP contribution in [0.25, 0.3) is 0 Å². The fourth-order valence-electron chi connectivity index (χ4n) is 2.86. The van der Waals surface area contributed by atoms with Crippen LogP contribution in [0.2, 0.25) is 0 Å².